The molecule has 146 valence electrons. The summed E-state index contributed by atoms with van der Waals surface area (Å²) in [7, 11) is -3.87. The maximum atomic E-state index is 12.9. The SMILES string of the molecule is CCC[C@H](C)NS(=O)(=O)c1cc(C(=O)O)ccc1N[C@H](C)c1ccccc1. The van der Waals surface area contributed by atoms with Crippen LogP contribution in [-0.4, -0.2) is 25.5 Å². The van der Waals surface area contributed by atoms with Crippen LogP contribution in [0, 0.1) is 0 Å². The molecule has 0 fully saturated rings. The lowest BCUT2D eigenvalue weighted by atomic mass is 10.1. The first-order chi connectivity index (χ1) is 12.7. The van der Waals surface area contributed by atoms with Gasteiger partial charge in [0.05, 0.1) is 11.3 Å². The highest BCUT2D eigenvalue weighted by Crippen LogP contribution is 2.27. The molecule has 0 spiro atoms. The normalized spacial score (nSPS) is 13.7. The lowest BCUT2D eigenvalue weighted by Crippen LogP contribution is -2.33. The number of carbonyl (C=O) groups is 1. The van der Waals surface area contributed by atoms with E-state index in [2.05, 4.69) is 10.0 Å². The third kappa shape index (κ3) is 5.55. The summed E-state index contributed by atoms with van der Waals surface area (Å²) in [6.07, 6.45) is 1.54. The van der Waals surface area contributed by atoms with Crippen molar-refractivity contribution in [3.05, 3.63) is 59.7 Å². The highest BCUT2D eigenvalue weighted by Gasteiger charge is 2.23. The van der Waals surface area contributed by atoms with Gasteiger partial charge in [-0.25, -0.2) is 17.9 Å². The number of rotatable bonds is 9. The molecule has 0 amide bonds. The summed E-state index contributed by atoms with van der Waals surface area (Å²) in [5.41, 5.74) is 1.29. The summed E-state index contributed by atoms with van der Waals surface area (Å²) in [5, 5.41) is 12.4. The Bertz CT molecular complexity index is 882. The number of sulfonamides is 1. The molecule has 0 aliphatic rings. The van der Waals surface area contributed by atoms with Crippen LogP contribution in [0.5, 0.6) is 0 Å². The highest BCUT2D eigenvalue weighted by molar-refractivity contribution is 7.89. The molecule has 2 aromatic rings. The Balaban J connectivity index is 2.41. The summed E-state index contributed by atoms with van der Waals surface area (Å²) in [5.74, 6) is -1.17. The molecule has 0 saturated carbocycles. The largest absolute Gasteiger partial charge is 0.478 e. The van der Waals surface area contributed by atoms with Gasteiger partial charge < -0.3 is 10.4 Å². The van der Waals surface area contributed by atoms with E-state index in [0.29, 0.717) is 12.1 Å². The third-order valence-electron chi connectivity index (χ3n) is 4.27. The standard InChI is InChI=1S/C20H26N2O4S/c1-4-8-14(2)22-27(25,26)19-13-17(20(23)24)11-12-18(19)21-15(3)16-9-6-5-7-10-16/h5-7,9-15,21-22H,4,8H2,1-3H3,(H,23,24)/t14-,15+/m0/s1. The summed E-state index contributed by atoms with van der Waals surface area (Å²) < 4.78 is 28.4. The highest BCUT2D eigenvalue weighted by atomic mass is 32.2. The first-order valence-corrected chi connectivity index (χ1v) is 10.4. The number of anilines is 1. The fourth-order valence-corrected chi connectivity index (χ4v) is 4.35. The fourth-order valence-electron chi connectivity index (χ4n) is 2.88. The molecule has 0 aliphatic carbocycles. The van der Waals surface area contributed by atoms with Crippen molar-refractivity contribution in [2.24, 2.45) is 0 Å². The van der Waals surface area contributed by atoms with E-state index in [1.807, 2.05) is 44.2 Å². The van der Waals surface area contributed by atoms with E-state index in [0.717, 1.165) is 12.0 Å². The summed E-state index contributed by atoms with van der Waals surface area (Å²) in [4.78, 5) is 11.3. The maximum Gasteiger partial charge on any atom is 0.335 e. The van der Waals surface area contributed by atoms with Crippen molar-refractivity contribution in [2.75, 3.05) is 5.32 Å². The summed E-state index contributed by atoms with van der Waals surface area (Å²) in [6, 6.07) is 13.3. The van der Waals surface area contributed by atoms with Crippen molar-refractivity contribution in [3.63, 3.8) is 0 Å². The van der Waals surface area contributed by atoms with Crippen LogP contribution in [0.2, 0.25) is 0 Å². The Labute approximate surface area is 160 Å². The first-order valence-electron chi connectivity index (χ1n) is 8.95. The molecule has 0 aromatic heterocycles. The van der Waals surface area contributed by atoms with Crippen LogP contribution < -0.4 is 10.0 Å². The van der Waals surface area contributed by atoms with Gasteiger partial charge in [0.1, 0.15) is 4.90 Å². The minimum absolute atomic E-state index is 0.0619. The second kappa shape index (κ2) is 9.01. The van der Waals surface area contributed by atoms with E-state index in [-0.39, 0.29) is 22.5 Å². The van der Waals surface area contributed by atoms with Crippen LogP contribution in [-0.2, 0) is 10.0 Å². The molecular weight excluding hydrogens is 364 g/mol. The van der Waals surface area contributed by atoms with Crippen LogP contribution in [0.4, 0.5) is 5.69 Å². The Morgan fingerprint density at radius 3 is 2.37 bits per heavy atom. The Kier molecular flexibility index (Phi) is 6.98. The molecule has 0 aliphatic heterocycles. The maximum absolute atomic E-state index is 12.9. The average Bonchev–Trinajstić information content (AvgIpc) is 2.62. The van der Waals surface area contributed by atoms with E-state index in [1.54, 1.807) is 6.92 Å². The molecular formula is C20H26N2O4S. The first kappa shape index (κ1) is 20.9. The molecule has 0 unspecified atom stereocenters. The molecule has 3 N–H and O–H groups in total. The van der Waals surface area contributed by atoms with Crippen molar-refractivity contribution < 1.29 is 18.3 Å². The number of carboxylic acids is 1. The van der Waals surface area contributed by atoms with E-state index >= 15 is 0 Å². The zero-order chi connectivity index (χ0) is 20.0. The van der Waals surface area contributed by atoms with E-state index in [4.69, 9.17) is 0 Å². The number of carboxylic acid groups (broad SMARTS) is 1. The monoisotopic (exact) mass is 390 g/mol. The number of aromatic carboxylic acids is 1. The second-order valence-corrected chi connectivity index (χ2v) is 8.29. The smallest absolute Gasteiger partial charge is 0.335 e. The number of hydrogen-bond acceptors (Lipinski definition) is 4. The lowest BCUT2D eigenvalue weighted by molar-refractivity contribution is 0.0696. The third-order valence-corrected chi connectivity index (χ3v) is 5.90. The second-order valence-electron chi connectivity index (χ2n) is 6.60. The quantitative estimate of drug-likeness (QED) is 0.601. The van der Waals surface area contributed by atoms with Gasteiger partial charge in [-0.1, -0.05) is 43.7 Å². The molecule has 2 rings (SSSR count). The number of benzene rings is 2. The van der Waals surface area contributed by atoms with Crippen LogP contribution in [0.15, 0.2) is 53.4 Å². The van der Waals surface area contributed by atoms with Crippen molar-refractivity contribution in [2.45, 2.75) is 50.6 Å². The molecule has 2 aromatic carbocycles. The molecule has 6 nitrogen and oxygen atoms in total. The van der Waals surface area contributed by atoms with Crippen LogP contribution >= 0.6 is 0 Å². The van der Waals surface area contributed by atoms with Gasteiger partial charge in [-0.3, -0.25) is 0 Å². The average molecular weight is 391 g/mol. The minimum atomic E-state index is -3.87. The van der Waals surface area contributed by atoms with Gasteiger partial charge in [0.2, 0.25) is 10.0 Å². The molecule has 7 heteroatoms. The van der Waals surface area contributed by atoms with Gasteiger partial charge in [0, 0.05) is 12.1 Å². The zero-order valence-electron chi connectivity index (χ0n) is 15.8. The van der Waals surface area contributed by atoms with E-state index in [9.17, 15) is 18.3 Å². The summed E-state index contributed by atoms with van der Waals surface area (Å²) >= 11 is 0. The van der Waals surface area contributed by atoms with Crippen molar-refractivity contribution in [1.82, 2.24) is 4.72 Å². The van der Waals surface area contributed by atoms with Crippen molar-refractivity contribution in [3.8, 4) is 0 Å². The van der Waals surface area contributed by atoms with Gasteiger partial charge >= 0.3 is 5.97 Å². The molecule has 0 heterocycles. The fraction of sp³-hybridized carbons (Fsp3) is 0.350. The Morgan fingerprint density at radius 2 is 1.78 bits per heavy atom. The number of nitrogens with one attached hydrogen (secondary N) is 2. The van der Waals surface area contributed by atoms with Gasteiger partial charge in [-0.05, 0) is 44.0 Å². The van der Waals surface area contributed by atoms with Gasteiger partial charge in [0.25, 0.3) is 0 Å². The van der Waals surface area contributed by atoms with E-state index in [1.165, 1.54) is 18.2 Å². The topological polar surface area (TPSA) is 95.5 Å². The molecule has 0 bridgehead atoms. The van der Waals surface area contributed by atoms with Gasteiger partial charge in [0.15, 0.2) is 0 Å². The van der Waals surface area contributed by atoms with Crippen LogP contribution in [0.25, 0.3) is 0 Å². The molecule has 2 atom stereocenters. The zero-order valence-corrected chi connectivity index (χ0v) is 16.6. The van der Waals surface area contributed by atoms with E-state index < -0.39 is 16.0 Å². The summed E-state index contributed by atoms with van der Waals surface area (Å²) in [6.45, 7) is 5.69. The van der Waals surface area contributed by atoms with Gasteiger partial charge in [-0.2, -0.15) is 0 Å². The van der Waals surface area contributed by atoms with Crippen LogP contribution in [0.1, 0.15) is 55.6 Å². The van der Waals surface area contributed by atoms with Crippen LogP contribution in [0.3, 0.4) is 0 Å². The number of hydrogen-bond donors (Lipinski definition) is 3. The van der Waals surface area contributed by atoms with Crippen molar-refractivity contribution in [1.29, 1.82) is 0 Å². The predicted octanol–water partition coefficient (Wildman–Crippen LogP) is 4.02. The lowest BCUT2D eigenvalue weighted by Gasteiger charge is -2.20. The predicted molar refractivity (Wildman–Crippen MR) is 107 cm³/mol. The Morgan fingerprint density at radius 1 is 1.11 bits per heavy atom. The molecule has 0 saturated heterocycles. The molecule has 0 radical (unpaired) electrons. The van der Waals surface area contributed by atoms with Gasteiger partial charge in [-0.15, -0.1) is 0 Å². The minimum Gasteiger partial charge on any atom is -0.478 e. The Hall–Kier alpha value is -2.38. The van der Waals surface area contributed by atoms with Crippen molar-refractivity contribution >= 4 is 21.7 Å². The molecule has 27 heavy (non-hydrogen) atoms.